The van der Waals surface area contributed by atoms with Crippen molar-refractivity contribution in [2.75, 3.05) is 12.3 Å². The summed E-state index contributed by atoms with van der Waals surface area (Å²) in [5.74, 6) is -1.49. The Balaban J connectivity index is 0.000000271. The molecule has 10 heteroatoms. The Labute approximate surface area is 164 Å². The second kappa shape index (κ2) is 10.3. The highest BCUT2D eigenvalue weighted by molar-refractivity contribution is 6.33. The Morgan fingerprint density at radius 2 is 1.85 bits per heavy atom. The van der Waals surface area contributed by atoms with E-state index in [0.717, 1.165) is 23.8 Å². The number of nitrogen functional groups attached to an aromatic ring is 1. The highest BCUT2D eigenvalue weighted by atomic mass is 35.5. The zero-order valence-corrected chi connectivity index (χ0v) is 15.7. The lowest BCUT2D eigenvalue weighted by Crippen LogP contribution is -2.07. The first-order chi connectivity index (χ1) is 12.6. The molecule has 0 saturated carbocycles. The lowest BCUT2D eigenvalue weighted by molar-refractivity contribution is -0.384. The molecule has 0 radical (unpaired) electrons. The van der Waals surface area contributed by atoms with Gasteiger partial charge in [0.2, 0.25) is 0 Å². The van der Waals surface area contributed by atoms with Crippen molar-refractivity contribution >= 4 is 46.5 Å². The van der Waals surface area contributed by atoms with Gasteiger partial charge in [-0.1, -0.05) is 29.3 Å². The average molecular weight is 415 g/mol. The summed E-state index contributed by atoms with van der Waals surface area (Å²) in [5, 5.41) is 19.1. The highest BCUT2D eigenvalue weighted by Gasteiger charge is 2.13. The Morgan fingerprint density at radius 3 is 2.33 bits per heavy atom. The molecule has 2 rings (SSSR count). The lowest BCUT2D eigenvalue weighted by Gasteiger charge is -2.04. The molecule has 0 atom stereocenters. The van der Waals surface area contributed by atoms with Crippen LogP contribution in [0.15, 0.2) is 36.4 Å². The number of carboxylic acid groups (broad SMARTS) is 1. The second-order valence-corrected chi connectivity index (χ2v) is 5.87. The van der Waals surface area contributed by atoms with Crippen LogP contribution in [0, 0.1) is 10.1 Å². The van der Waals surface area contributed by atoms with Gasteiger partial charge >= 0.3 is 11.9 Å². The molecule has 27 heavy (non-hydrogen) atoms. The van der Waals surface area contributed by atoms with Gasteiger partial charge in [-0.05, 0) is 30.7 Å². The number of nitrogens with zero attached hydrogens (tertiary/aromatic N) is 1. The zero-order valence-electron chi connectivity index (χ0n) is 14.1. The number of benzene rings is 2. The molecule has 2 aromatic carbocycles. The third-order valence-corrected chi connectivity index (χ3v) is 3.78. The summed E-state index contributed by atoms with van der Waals surface area (Å²) in [6.07, 6.45) is 0.187. The molecule has 8 nitrogen and oxygen atoms in total. The summed E-state index contributed by atoms with van der Waals surface area (Å²) in [5.41, 5.74) is 6.46. The van der Waals surface area contributed by atoms with Gasteiger partial charge in [0, 0.05) is 22.8 Å². The van der Waals surface area contributed by atoms with Gasteiger partial charge in [0.1, 0.15) is 0 Å². The van der Waals surface area contributed by atoms with E-state index in [4.69, 9.17) is 38.8 Å². The van der Waals surface area contributed by atoms with Crippen molar-refractivity contribution in [3.05, 3.63) is 67.7 Å². The molecule has 0 unspecified atom stereocenters. The maximum Gasteiger partial charge on any atom is 0.337 e. The number of esters is 1. The fraction of sp³-hybridized carbons (Fsp3) is 0.176. The Kier molecular flexibility index (Phi) is 8.50. The van der Waals surface area contributed by atoms with Gasteiger partial charge in [-0.2, -0.15) is 0 Å². The van der Waals surface area contributed by atoms with Gasteiger partial charge in [-0.25, -0.2) is 4.79 Å². The molecule has 0 aliphatic heterocycles. The standard InChI is InChI=1S/C10H12ClNO2.C7H4ClNO4/c1-2-14-10(13)5-7-3-4-8(12)6-9(7)11;8-6-3-4(9(12)13)1-2-5(6)7(10)11/h3-4,6H,2,5,12H2,1H3;1-3H,(H,10,11). The van der Waals surface area contributed by atoms with Gasteiger partial charge in [-0.15, -0.1) is 0 Å². The molecule has 144 valence electrons. The number of carboxylic acids is 1. The van der Waals surface area contributed by atoms with Crippen molar-refractivity contribution in [1.29, 1.82) is 0 Å². The molecule has 0 aliphatic carbocycles. The third kappa shape index (κ3) is 7.12. The van der Waals surface area contributed by atoms with E-state index in [1.54, 1.807) is 25.1 Å². The summed E-state index contributed by atoms with van der Waals surface area (Å²) in [6.45, 7) is 2.15. The zero-order chi connectivity index (χ0) is 20.6. The van der Waals surface area contributed by atoms with Crippen molar-refractivity contribution in [3.8, 4) is 0 Å². The number of non-ortho nitro benzene ring substituents is 1. The molecular formula is C17H16Cl2N2O6. The van der Waals surface area contributed by atoms with Crippen LogP contribution in [-0.2, 0) is 16.0 Å². The second-order valence-electron chi connectivity index (χ2n) is 5.06. The number of carbonyl (C=O) groups is 2. The van der Waals surface area contributed by atoms with E-state index in [-0.39, 0.29) is 28.7 Å². The monoisotopic (exact) mass is 414 g/mol. The molecule has 0 spiro atoms. The molecule has 0 amide bonds. The number of aromatic carboxylic acids is 1. The van der Waals surface area contributed by atoms with E-state index in [2.05, 4.69) is 0 Å². The Morgan fingerprint density at radius 1 is 1.19 bits per heavy atom. The fourth-order valence-corrected chi connectivity index (χ4v) is 2.38. The van der Waals surface area contributed by atoms with E-state index in [1.165, 1.54) is 0 Å². The molecule has 0 heterocycles. The first kappa shape index (κ1) is 22.2. The van der Waals surface area contributed by atoms with Crippen LogP contribution in [0.3, 0.4) is 0 Å². The number of ether oxygens (including phenoxy) is 1. The van der Waals surface area contributed by atoms with Crippen LogP contribution in [0.25, 0.3) is 0 Å². The summed E-state index contributed by atoms with van der Waals surface area (Å²) in [6, 6.07) is 8.26. The summed E-state index contributed by atoms with van der Waals surface area (Å²) in [4.78, 5) is 31.2. The maximum atomic E-state index is 11.1. The minimum absolute atomic E-state index is 0.137. The van der Waals surface area contributed by atoms with Gasteiger partial charge in [-0.3, -0.25) is 14.9 Å². The summed E-state index contributed by atoms with van der Waals surface area (Å²) < 4.78 is 4.80. The summed E-state index contributed by atoms with van der Waals surface area (Å²) >= 11 is 11.4. The van der Waals surface area contributed by atoms with E-state index in [0.29, 0.717) is 17.3 Å². The van der Waals surface area contributed by atoms with E-state index >= 15 is 0 Å². The number of anilines is 1. The average Bonchev–Trinajstić information content (AvgIpc) is 2.57. The molecule has 0 bridgehead atoms. The number of nitro benzene ring substituents is 1. The van der Waals surface area contributed by atoms with E-state index in [9.17, 15) is 19.7 Å². The number of hydrogen-bond acceptors (Lipinski definition) is 6. The normalized spacial score (nSPS) is 9.74. The van der Waals surface area contributed by atoms with Crippen LogP contribution in [-0.4, -0.2) is 28.6 Å². The van der Waals surface area contributed by atoms with Crippen LogP contribution in [0.2, 0.25) is 10.0 Å². The lowest BCUT2D eigenvalue weighted by atomic mass is 10.1. The quantitative estimate of drug-likeness (QED) is 0.327. The van der Waals surface area contributed by atoms with Crippen LogP contribution >= 0.6 is 23.2 Å². The number of nitrogens with two attached hydrogens (primary N) is 1. The highest BCUT2D eigenvalue weighted by Crippen LogP contribution is 2.22. The number of rotatable bonds is 5. The minimum Gasteiger partial charge on any atom is -0.478 e. The molecule has 3 N–H and O–H groups in total. The Bertz CT molecular complexity index is 857. The number of halogens is 2. The fourth-order valence-electron chi connectivity index (χ4n) is 1.87. The first-order valence-electron chi connectivity index (χ1n) is 7.52. The van der Waals surface area contributed by atoms with Crippen LogP contribution in [0.4, 0.5) is 11.4 Å². The van der Waals surface area contributed by atoms with Gasteiger partial charge in [0.25, 0.3) is 5.69 Å². The van der Waals surface area contributed by atoms with E-state index < -0.39 is 10.9 Å². The molecular weight excluding hydrogens is 399 g/mol. The van der Waals surface area contributed by atoms with Crippen molar-refractivity contribution in [2.45, 2.75) is 13.3 Å². The van der Waals surface area contributed by atoms with Crippen molar-refractivity contribution in [2.24, 2.45) is 0 Å². The van der Waals surface area contributed by atoms with Gasteiger partial charge in [0.05, 0.1) is 28.5 Å². The number of nitro groups is 1. The van der Waals surface area contributed by atoms with Crippen molar-refractivity contribution in [3.63, 3.8) is 0 Å². The predicted molar refractivity (Wildman–Crippen MR) is 101 cm³/mol. The molecule has 0 saturated heterocycles. The smallest absolute Gasteiger partial charge is 0.337 e. The van der Waals surface area contributed by atoms with Crippen molar-refractivity contribution < 1.29 is 24.4 Å². The number of carbonyl (C=O) groups excluding carboxylic acids is 1. The van der Waals surface area contributed by atoms with Crippen LogP contribution in [0.1, 0.15) is 22.8 Å². The molecule has 0 aromatic heterocycles. The minimum atomic E-state index is -1.21. The third-order valence-electron chi connectivity index (χ3n) is 3.11. The SMILES string of the molecule is CCOC(=O)Cc1ccc(N)cc1Cl.O=C(O)c1ccc([N+](=O)[O-])cc1Cl. The van der Waals surface area contributed by atoms with Crippen molar-refractivity contribution in [1.82, 2.24) is 0 Å². The van der Waals surface area contributed by atoms with Gasteiger partial charge in [0.15, 0.2) is 0 Å². The Hall–Kier alpha value is -2.84. The predicted octanol–water partition coefficient (Wildman–Crippen LogP) is 3.97. The largest absolute Gasteiger partial charge is 0.478 e. The summed E-state index contributed by atoms with van der Waals surface area (Å²) in [7, 11) is 0. The molecule has 2 aromatic rings. The van der Waals surface area contributed by atoms with E-state index in [1.807, 2.05) is 0 Å². The molecule has 0 aliphatic rings. The number of hydrogen-bond donors (Lipinski definition) is 2. The van der Waals surface area contributed by atoms with Crippen LogP contribution in [0.5, 0.6) is 0 Å². The van der Waals surface area contributed by atoms with Crippen LogP contribution < -0.4 is 5.73 Å². The first-order valence-corrected chi connectivity index (χ1v) is 8.28. The topological polar surface area (TPSA) is 133 Å². The molecule has 0 fully saturated rings. The maximum absolute atomic E-state index is 11.1. The van der Waals surface area contributed by atoms with Gasteiger partial charge < -0.3 is 15.6 Å².